The van der Waals surface area contributed by atoms with Gasteiger partial charge in [-0.3, -0.25) is 4.79 Å². The largest absolute Gasteiger partial charge is 0.495 e. The Hall–Kier alpha value is -1.59. The molecule has 2 atom stereocenters. The number of nitrogens with one attached hydrogen (secondary N) is 1. The SMILES string of the molecule is COc1cc(CN[C@H]2C=CC[C@H](C(=O)O)C2)c(F)cc1Cl. The van der Waals surface area contributed by atoms with E-state index in [-0.39, 0.29) is 17.6 Å². The number of allylic oxidation sites excluding steroid dienone is 1. The minimum atomic E-state index is -0.800. The zero-order chi connectivity index (χ0) is 15.4. The number of hydrogen-bond acceptors (Lipinski definition) is 3. The summed E-state index contributed by atoms with van der Waals surface area (Å²) in [6.07, 6.45) is 4.80. The first-order chi connectivity index (χ1) is 10.0. The molecule has 0 aliphatic heterocycles. The molecule has 6 heteroatoms. The third-order valence-corrected chi connectivity index (χ3v) is 3.85. The van der Waals surface area contributed by atoms with Gasteiger partial charge in [0.1, 0.15) is 11.6 Å². The summed E-state index contributed by atoms with van der Waals surface area (Å²) < 4.78 is 18.9. The molecule has 114 valence electrons. The van der Waals surface area contributed by atoms with Crippen molar-refractivity contribution in [1.82, 2.24) is 5.32 Å². The Morgan fingerprint density at radius 1 is 1.57 bits per heavy atom. The molecular formula is C15H17ClFNO3. The van der Waals surface area contributed by atoms with Crippen molar-refractivity contribution in [1.29, 1.82) is 0 Å². The molecule has 1 aliphatic rings. The molecule has 0 fully saturated rings. The summed E-state index contributed by atoms with van der Waals surface area (Å²) in [6.45, 7) is 0.278. The Morgan fingerprint density at radius 3 is 3.00 bits per heavy atom. The maximum Gasteiger partial charge on any atom is 0.306 e. The number of rotatable bonds is 5. The van der Waals surface area contributed by atoms with Gasteiger partial charge in [0.15, 0.2) is 0 Å². The van der Waals surface area contributed by atoms with Gasteiger partial charge in [0, 0.05) is 18.2 Å². The number of carboxylic acid groups (broad SMARTS) is 1. The molecule has 0 saturated heterocycles. The number of carboxylic acids is 1. The highest BCUT2D eigenvalue weighted by Crippen LogP contribution is 2.27. The Morgan fingerprint density at radius 2 is 2.33 bits per heavy atom. The quantitative estimate of drug-likeness (QED) is 0.821. The minimum absolute atomic E-state index is 0.0825. The van der Waals surface area contributed by atoms with Gasteiger partial charge in [-0.25, -0.2) is 4.39 Å². The molecule has 0 heterocycles. The van der Waals surface area contributed by atoms with Crippen molar-refractivity contribution in [2.75, 3.05) is 7.11 Å². The van der Waals surface area contributed by atoms with Crippen molar-refractivity contribution in [2.24, 2.45) is 5.92 Å². The van der Waals surface area contributed by atoms with Crippen LogP contribution in [-0.2, 0) is 11.3 Å². The molecule has 1 aliphatic carbocycles. The van der Waals surface area contributed by atoms with E-state index >= 15 is 0 Å². The standard InChI is InChI=1S/C15H17ClFNO3/c1-21-14-6-10(13(17)7-12(14)16)8-18-11-4-2-3-9(5-11)15(19)20/h2,4,6-7,9,11,18H,3,5,8H2,1H3,(H,19,20)/t9-,11-/m0/s1. The van der Waals surface area contributed by atoms with Gasteiger partial charge >= 0.3 is 5.97 Å². The van der Waals surface area contributed by atoms with Crippen LogP contribution in [0.1, 0.15) is 18.4 Å². The van der Waals surface area contributed by atoms with Crippen LogP contribution in [0.4, 0.5) is 4.39 Å². The second kappa shape index (κ2) is 6.91. The Labute approximate surface area is 127 Å². The van der Waals surface area contributed by atoms with E-state index in [0.717, 1.165) is 0 Å². The van der Waals surface area contributed by atoms with Crippen LogP contribution in [-0.4, -0.2) is 24.2 Å². The summed E-state index contributed by atoms with van der Waals surface area (Å²) in [5.41, 5.74) is 0.432. The summed E-state index contributed by atoms with van der Waals surface area (Å²) >= 11 is 5.84. The summed E-state index contributed by atoms with van der Waals surface area (Å²) in [6, 6.07) is 2.68. The van der Waals surface area contributed by atoms with E-state index in [0.29, 0.717) is 24.2 Å². The highest BCUT2D eigenvalue weighted by atomic mass is 35.5. The van der Waals surface area contributed by atoms with E-state index in [1.165, 1.54) is 13.2 Å². The van der Waals surface area contributed by atoms with Crippen LogP contribution in [0.15, 0.2) is 24.3 Å². The fourth-order valence-corrected chi connectivity index (χ4v) is 2.57. The molecule has 0 spiro atoms. The molecule has 21 heavy (non-hydrogen) atoms. The molecule has 1 aromatic rings. The topological polar surface area (TPSA) is 58.6 Å². The van der Waals surface area contributed by atoms with Crippen molar-refractivity contribution in [3.8, 4) is 5.75 Å². The summed E-state index contributed by atoms with van der Waals surface area (Å²) in [4.78, 5) is 11.0. The molecular weight excluding hydrogens is 297 g/mol. The molecule has 0 saturated carbocycles. The lowest BCUT2D eigenvalue weighted by atomic mass is 9.91. The third-order valence-electron chi connectivity index (χ3n) is 3.55. The number of carbonyl (C=O) groups is 1. The predicted molar refractivity (Wildman–Crippen MR) is 78.1 cm³/mol. The number of methoxy groups -OCH3 is 1. The predicted octanol–water partition coefficient (Wildman–Crippen LogP) is 3.00. The number of ether oxygens (including phenoxy) is 1. The minimum Gasteiger partial charge on any atom is -0.495 e. The lowest BCUT2D eigenvalue weighted by Crippen LogP contribution is -2.33. The number of hydrogen-bond donors (Lipinski definition) is 2. The maximum absolute atomic E-state index is 13.8. The molecule has 0 aromatic heterocycles. The molecule has 0 bridgehead atoms. The van der Waals surface area contributed by atoms with Crippen LogP contribution in [0.25, 0.3) is 0 Å². The number of aliphatic carboxylic acids is 1. The Bertz CT molecular complexity index is 562. The van der Waals surface area contributed by atoms with E-state index in [4.69, 9.17) is 21.4 Å². The van der Waals surface area contributed by atoms with E-state index in [1.807, 2.05) is 12.2 Å². The van der Waals surface area contributed by atoms with Crippen molar-refractivity contribution < 1.29 is 19.0 Å². The first-order valence-electron chi connectivity index (χ1n) is 6.66. The van der Waals surface area contributed by atoms with Gasteiger partial charge in [0.05, 0.1) is 18.1 Å². The first kappa shape index (κ1) is 15.8. The molecule has 0 radical (unpaired) electrons. The monoisotopic (exact) mass is 313 g/mol. The van der Waals surface area contributed by atoms with Crippen molar-refractivity contribution in [3.05, 3.63) is 40.7 Å². The number of benzene rings is 1. The van der Waals surface area contributed by atoms with Crippen molar-refractivity contribution in [3.63, 3.8) is 0 Å². The smallest absolute Gasteiger partial charge is 0.306 e. The van der Waals surface area contributed by atoms with E-state index < -0.39 is 17.7 Å². The lowest BCUT2D eigenvalue weighted by molar-refractivity contribution is -0.142. The van der Waals surface area contributed by atoms with Crippen LogP contribution in [0.3, 0.4) is 0 Å². The van der Waals surface area contributed by atoms with Crippen molar-refractivity contribution >= 4 is 17.6 Å². The number of halogens is 2. The zero-order valence-corrected chi connectivity index (χ0v) is 12.4. The summed E-state index contributed by atoms with van der Waals surface area (Å²) in [5.74, 6) is -1.19. The first-order valence-corrected chi connectivity index (χ1v) is 7.03. The molecule has 4 nitrogen and oxygen atoms in total. The lowest BCUT2D eigenvalue weighted by Gasteiger charge is -2.23. The van der Waals surface area contributed by atoms with Crippen LogP contribution in [0.2, 0.25) is 5.02 Å². The Kier molecular flexibility index (Phi) is 5.20. The summed E-state index contributed by atoms with van der Waals surface area (Å²) in [7, 11) is 1.47. The van der Waals surface area contributed by atoms with Crippen LogP contribution < -0.4 is 10.1 Å². The van der Waals surface area contributed by atoms with Gasteiger partial charge < -0.3 is 15.2 Å². The van der Waals surface area contributed by atoms with Crippen LogP contribution in [0, 0.1) is 11.7 Å². The van der Waals surface area contributed by atoms with Gasteiger partial charge in [-0.1, -0.05) is 23.8 Å². The zero-order valence-electron chi connectivity index (χ0n) is 11.6. The molecule has 2 N–H and O–H groups in total. The second-order valence-electron chi connectivity index (χ2n) is 5.00. The second-order valence-corrected chi connectivity index (χ2v) is 5.41. The normalized spacial score (nSPS) is 21.3. The highest BCUT2D eigenvalue weighted by Gasteiger charge is 2.23. The average Bonchev–Trinajstić information content (AvgIpc) is 2.46. The Balaban J connectivity index is 2.01. The van der Waals surface area contributed by atoms with Gasteiger partial charge in [-0.2, -0.15) is 0 Å². The van der Waals surface area contributed by atoms with Gasteiger partial charge in [-0.05, 0) is 25.0 Å². The maximum atomic E-state index is 13.8. The highest BCUT2D eigenvalue weighted by molar-refractivity contribution is 6.32. The van der Waals surface area contributed by atoms with Gasteiger partial charge in [0.2, 0.25) is 0 Å². The van der Waals surface area contributed by atoms with Gasteiger partial charge in [-0.15, -0.1) is 0 Å². The average molecular weight is 314 g/mol. The van der Waals surface area contributed by atoms with E-state index in [2.05, 4.69) is 5.32 Å². The van der Waals surface area contributed by atoms with Crippen molar-refractivity contribution in [2.45, 2.75) is 25.4 Å². The van der Waals surface area contributed by atoms with E-state index in [1.54, 1.807) is 6.07 Å². The summed E-state index contributed by atoms with van der Waals surface area (Å²) in [5, 5.41) is 12.4. The van der Waals surface area contributed by atoms with Crippen LogP contribution >= 0.6 is 11.6 Å². The molecule has 2 rings (SSSR count). The molecule has 1 aromatic carbocycles. The fourth-order valence-electron chi connectivity index (χ4n) is 2.35. The van der Waals surface area contributed by atoms with E-state index in [9.17, 15) is 9.18 Å². The van der Waals surface area contributed by atoms with Gasteiger partial charge in [0.25, 0.3) is 0 Å². The molecule has 0 amide bonds. The fraction of sp³-hybridized carbons (Fsp3) is 0.400. The molecule has 0 unspecified atom stereocenters. The van der Waals surface area contributed by atoms with Crippen LogP contribution in [0.5, 0.6) is 5.75 Å². The third kappa shape index (κ3) is 3.95.